The van der Waals surface area contributed by atoms with Crippen LogP contribution in [-0.2, 0) is 33.3 Å². The summed E-state index contributed by atoms with van der Waals surface area (Å²) in [7, 11) is 0. The van der Waals surface area contributed by atoms with Gasteiger partial charge in [-0.05, 0) is 88.9 Å². The fourth-order valence-electron chi connectivity index (χ4n) is 7.14. The lowest BCUT2D eigenvalue weighted by Gasteiger charge is -2.44. The number of carboxylic acid groups (broad SMARTS) is 1. The molecule has 8 N–H and O–H groups in total. The topological polar surface area (TPSA) is 262 Å². The number of aromatic carboxylic acids is 1. The second-order valence-electron chi connectivity index (χ2n) is 22.4. The molecular formula is C56H81F3N4O13. The van der Waals surface area contributed by atoms with Gasteiger partial charge >= 0.3 is 5.97 Å². The highest BCUT2D eigenvalue weighted by molar-refractivity contribution is 5.96. The van der Waals surface area contributed by atoms with Crippen LogP contribution >= 0.6 is 0 Å². The number of carbonyl (C=O) groups is 6. The number of Topliss-reactive ketones (excluding diaryl/α,β-unsaturated/α-hetero) is 2. The van der Waals surface area contributed by atoms with Gasteiger partial charge in [-0.3, -0.25) is 24.0 Å². The molecule has 0 bridgehead atoms. The summed E-state index contributed by atoms with van der Waals surface area (Å²) < 4.78 is 61.3. The normalized spacial score (nSPS) is 19.6. The second-order valence-corrected chi connectivity index (χ2v) is 22.4. The first kappa shape index (κ1) is 66.5. The monoisotopic (exact) mass is 1070 g/mol. The minimum Gasteiger partial charge on any atom is -0.478 e. The van der Waals surface area contributed by atoms with Crippen LogP contribution in [0.25, 0.3) is 0 Å². The Morgan fingerprint density at radius 2 is 0.987 bits per heavy atom. The Morgan fingerprint density at radius 3 is 1.33 bits per heavy atom. The van der Waals surface area contributed by atoms with Crippen molar-refractivity contribution in [3.63, 3.8) is 0 Å². The average Bonchev–Trinajstić information content (AvgIpc) is 3.33. The number of aliphatic hydroxyl groups excluding tert-OH is 2. The Morgan fingerprint density at radius 1 is 0.632 bits per heavy atom. The maximum Gasteiger partial charge on any atom is 0.335 e. The number of ether oxygens (including phenoxy) is 4. The number of halogens is 3. The van der Waals surface area contributed by atoms with E-state index in [1.54, 1.807) is 46.8 Å². The zero-order chi connectivity index (χ0) is 58.0. The van der Waals surface area contributed by atoms with Crippen molar-refractivity contribution in [2.75, 3.05) is 39.5 Å². The van der Waals surface area contributed by atoms with E-state index in [0.717, 1.165) is 6.07 Å². The summed E-state index contributed by atoms with van der Waals surface area (Å²) in [6.45, 7) is 25.2. The summed E-state index contributed by atoms with van der Waals surface area (Å²) in [4.78, 5) is 70.9. The van der Waals surface area contributed by atoms with E-state index in [1.165, 1.54) is 54.6 Å². The van der Waals surface area contributed by atoms with Crippen LogP contribution in [0.4, 0.5) is 13.2 Å². The molecule has 0 aliphatic carbocycles. The van der Waals surface area contributed by atoms with Crippen LogP contribution in [0.5, 0.6) is 0 Å². The van der Waals surface area contributed by atoms with Crippen molar-refractivity contribution < 1.29 is 76.2 Å². The molecule has 0 spiro atoms. The summed E-state index contributed by atoms with van der Waals surface area (Å²) in [5, 5.41) is 35.6. The first-order valence-corrected chi connectivity index (χ1v) is 25.1. The maximum atomic E-state index is 13.2. The molecule has 0 saturated carbocycles. The molecule has 20 heteroatoms. The summed E-state index contributed by atoms with van der Waals surface area (Å²) in [6.07, 6.45) is -2.09. The molecule has 2 heterocycles. The maximum absolute atomic E-state index is 13.2. The number of carboxylic acids is 1. The number of nitrogens with one attached hydrogen (secondary N) is 3. The molecule has 3 aromatic carbocycles. The van der Waals surface area contributed by atoms with Gasteiger partial charge in [0, 0.05) is 65.9 Å². The number of ketones is 2. The average molecular weight is 1080 g/mol. The summed E-state index contributed by atoms with van der Waals surface area (Å²) in [5.41, 5.74) is 4.51. The molecule has 2 saturated heterocycles. The quantitative estimate of drug-likeness (QED) is 0.0633. The van der Waals surface area contributed by atoms with E-state index in [4.69, 9.17) is 34.9 Å². The highest BCUT2D eigenvalue weighted by Crippen LogP contribution is 2.36. The van der Waals surface area contributed by atoms with Crippen LogP contribution in [0.15, 0.2) is 72.8 Å². The van der Waals surface area contributed by atoms with E-state index < -0.39 is 70.0 Å². The molecule has 2 aliphatic heterocycles. The second kappa shape index (κ2) is 29.2. The van der Waals surface area contributed by atoms with Crippen LogP contribution in [0, 0.1) is 45.5 Å². The van der Waals surface area contributed by atoms with Gasteiger partial charge in [0.25, 0.3) is 0 Å². The van der Waals surface area contributed by atoms with Gasteiger partial charge in [0.05, 0.1) is 25.4 Å². The molecule has 0 aromatic heterocycles. The van der Waals surface area contributed by atoms with Gasteiger partial charge < -0.3 is 56.0 Å². The van der Waals surface area contributed by atoms with Gasteiger partial charge in [-0.1, -0.05) is 85.7 Å². The number of aliphatic hydroxyl groups is 2. The van der Waals surface area contributed by atoms with Crippen molar-refractivity contribution in [3.8, 4) is 0 Å². The number of amides is 3. The number of hydrogen-bond donors (Lipinski definition) is 7. The molecule has 3 amide bonds. The Hall–Kier alpha value is -5.61. The van der Waals surface area contributed by atoms with Gasteiger partial charge in [-0.15, -0.1) is 0 Å². The van der Waals surface area contributed by atoms with E-state index in [1.807, 2.05) is 55.4 Å². The first-order chi connectivity index (χ1) is 35.0. The smallest absolute Gasteiger partial charge is 0.335 e. The first-order valence-electron chi connectivity index (χ1n) is 25.1. The minimum absolute atomic E-state index is 0.0278. The van der Waals surface area contributed by atoms with Crippen LogP contribution in [-0.4, -0.2) is 126 Å². The predicted molar refractivity (Wildman–Crippen MR) is 279 cm³/mol. The molecular weight excluding hydrogens is 994 g/mol. The lowest BCUT2D eigenvalue weighted by molar-refractivity contribution is -0.304. The van der Waals surface area contributed by atoms with Gasteiger partial charge in [0.15, 0.2) is 23.1 Å². The molecule has 17 nitrogen and oxygen atoms in total. The van der Waals surface area contributed by atoms with E-state index in [2.05, 4.69) is 16.0 Å². The van der Waals surface area contributed by atoms with Gasteiger partial charge in [0.2, 0.25) is 17.7 Å². The highest BCUT2D eigenvalue weighted by Gasteiger charge is 2.47. The standard InChI is InChI=1S/C20H28FNO4.C17H24FNO4.C12H24N2O3.C7H5FO2/c1-13(9-16(23)14-7-6-8-15(21)10-14)11-22-18(24)17-19(2,3)12-25-20(4,5)26-17;1-11(7-14(21)12-5-4-6-13(18)8-12)9-19-16(23)15(22)17(2,3)10-20;1-8(13)6-14-10(15)9-11(2,3)7-16-12(4,5)17-9;8-6-3-1-2-5(4-6)7(9)10/h6-8,10,13,17H,9,11-12H2,1-5H3,(H,22,24);4-6,8,11,15,20,22H,7,9-10H2,1-3H3,(H,19,23);8-9H,6-7,13H2,1-5H3,(H,14,15);1-4H,(H,9,10)/t13-,17+;11-,15+;8-,9-;/m110./s1. The highest BCUT2D eigenvalue weighted by atomic mass is 19.1. The Labute approximate surface area is 445 Å². The Balaban J connectivity index is 0.000000363. The van der Waals surface area contributed by atoms with E-state index in [9.17, 15) is 47.0 Å². The van der Waals surface area contributed by atoms with Crippen LogP contribution in [0.1, 0.15) is 134 Å². The molecule has 0 unspecified atom stereocenters. The lowest BCUT2D eigenvalue weighted by Crippen LogP contribution is -2.57. The Bertz CT molecular complexity index is 2410. The van der Waals surface area contributed by atoms with Crippen molar-refractivity contribution in [1.82, 2.24) is 16.0 Å². The third-order valence-corrected chi connectivity index (χ3v) is 12.0. The SMILES string of the molecule is C[C@@H](CNC(=O)[C@@H]1OC(C)(C)OCC1(C)C)CC(=O)c1cccc(F)c1.C[C@@H](CNC(=O)[C@H](O)C(C)(C)CO)CC(=O)c1cccc(F)c1.C[C@H](N)CNC(=O)[C@@H]1OC(C)(C)OCC1(C)C.O=C(O)c1cccc(F)c1. The van der Waals surface area contributed by atoms with Gasteiger partial charge in [0.1, 0.15) is 35.8 Å². The van der Waals surface area contributed by atoms with E-state index >= 15 is 0 Å². The lowest BCUT2D eigenvalue weighted by atomic mass is 9.85. The molecule has 5 rings (SSSR count). The number of rotatable bonds is 18. The molecule has 76 heavy (non-hydrogen) atoms. The van der Waals surface area contributed by atoms with Crippen LogP contribution in [0.2, 0.25) is 0 Å². The van der Waals surface area contributed by atoms with Crippen LogP contribution < -0.4 is 21.7 Å². The van der Waals surface area contributed by atoms with Crippen molar-refractivity contribution in [1.29, 1.82) is 0 Å². The van der Waals surface area contributed by atoms with Gasteiger partial charge in [-0.2, -0.15) is 0 Å². The molecule has 3 aromatic rings. The predicted octanol–water partition coefficient (Wildman–Crippen LogP) is 7.01. The Kier molecular flexibility index (Phi) is 25.6. The fourth-order valence-corrected chi connectivity index (χ4v) is 7.14. The summed E-state index contributed by atoms with van der Waals surface area (Å²) >= 11 is 0. The van der Waals surface area contributed by atoms with Crippen molar-refractivity contribution >= 4 is 35.3 Å². The number of carbonyl (C=O) groups excluding carboxylic acids is 5. The minimum atomic E-state index is -1.33. The van der Waals surface area contributed by atoms with Crippen molar-refractivity contribution in [2.45, 2.75) is 139 Å². The van der Waals surface area contributed by atoms with E-state index in [-0.39, 0.29) is 78.2 Å². The number of benzene rings is 3. The molecule has 6 atom stereocenters. The fraction of sp³-hybridized carbons (Fsp3) is 0.571. The van der Waals surface area contributed by atoms with Crippen molar-refractivity contribution in [3.05, 3.63) is 107 Å². The molecule has 2 fully saturated rings. The van der Waals surface area contributed by atoms with Crippen LogP contribution in [0.3, 0.4) is 0 Å². The largest absolute Gasteiger partial charge is 0.478 e. The summed E-state index contributed by atoms with van der Waals surface area (Å²) in [5.74, 6) is -5.58. The third-order valence-electron chi connectivity index (χ3n) is 12.0. The molecule has 2 aliphatic rings. The molecule has 424 valence electrons. The zero-order valence-electron chi connectivity index (χ0n) is 46.2. The number of hydrogen-bond acceptors (Lipinski definition) is 13. The van der Waals surface area contributed by atoms with Crippen molar-refractivity contribution in [2.24, 2.45) is 33.8 Å². The zero-order valence-corrected chi connectivity index (χ0v) is 46.2. The number of nitrogens with two attached hydrogens (primary N) is 1. The third kappa shape index (κ3) is 22.9. The molecule has 0 radical (unpaired) electrons. The summed E-state index contributed by atoms with van der Waals surface area (Å²) in [6, 6.07) is 15.9. The van der Waals surface area contributed by atoms with Gasteiger partial charge in [-0.25, -0.2) is 18.0 Å². The van der Waals surface area contributed by atoms with E-state index in [0.29, 0.717) is 37.4 Å².